The lowest BCUT2D eigenvalue weighted by atomic mass is 9.79. The Kier molecular flexibility index (Phi) is 3.94. The van der Waals surface area contributed by atoms with Gasteiger partial charge in [0.2, 0.25) is 5.91 Å². The van der Waals surface area contributed by atoms with Gasteiger partial charge in [-0.15, -0.1) is 0 Å². The molecule has 108 valence electrons. The fraction of sp³-hybridized carbons (Fsp3) is 0.357. The number of benzene rings is 1. The van der Waals surface area contributed by atoms with Gasteiger partial charge in [0.05, 0.1) is 11.2 Å². The highest BCUT2D eigenvalue weighted by atomic mass is 32.2. The lowest BCUT2D eigenvalue weighted by molar-refractivity contribution is -0.126. The molecular weight excluding hydrogens is 281 g/mol. The van der Waals surface area contributed by atoms with Crippen molar-refractivity contribution in [2.45, 2.75) is 12.8 Å². The second kappa shape index (κ2) is 5.36. The molecule has 0 saturated heterocycles. The predicted octanol–water partition coefficient (Wildman–Crippen LogP) is 1.43. The molecule has 0 saturated carbocycles. The summed E-state index contributed by atoms with van der Waals surface area (Å²) in [6.45, 7) is 0. The van der Waals surface area contributed by atoms with E-state index in [0.29, 0.717) is 6.42 Å². The Morgan fingerprint density at radius 2 is 1.90 bits per heavy atom. The normalized spacial score (nSPS) is 22.0. The maximum absolute atomic E-state index is 12.9. The number of nitrogens with one attached hydrogen (secondary N) is 1. The first kappa shape index (κ1) is 14.7. The van der Waals surface area contributed by atoms with Crippen molar-refractivity contribution in [1.29, 1.82) is 0 Å². The summed E-state index contributed by atoms with van der Waals surface area (Å²) in [6, 6.07) is 5.88. The van der Waals surface area contributed by atoms with Crippen LogP contribution in [0.15, 0.2) is 36.5 Å². The summed E-state index contributed by atoms with van der Waals surface area (Å²) in [5.74, 6) is -0.623. The van der Waals surface area contributed by atoms with Crippen LogP contribution >= 0.6 is 0 Å². The van der Waals surface area contributed by atoms with E-state index in [1.165, 1.54) is 18.3 Å². The summed E-state index contributed by atoms with van der Waals surface area (Å²) in [6.07, 6.45) is 4.95. The minimum absolute atomic E-state index is 0.0635. The molecule has 20 heavy (non-hydrogen) atoms. The molecule has 6 heteroatoms. The highest BCUT2D eigenvalue weighted by Crippen LogP contribution is 2.33. The topological polar surface area (TPSA) is 63.2 Å². The molecule has 0 aliphatic carbocycles. The summed E-state index contributed by atoms with van der Waals surface area (Å²) < 4.78 is 35.6. The molecule has 1 atom stereocenters. The number of hydrogen-bond donors (Lipinski definition) is 1. The first-order valence-electron chi connectivity index (χ1n) is 6.22. The minimum Gasteiger partial charge on any atom is -0.332 e. The number of halogens is 1. The summed E-state index contributed by atoms with van der Waals surface area (Å²) in [4.78, 5) is 12.0. The quantitative estimate of drug-likeness (QED) is 0.894. The van der Waals surface area contributed by atoms with Gasteiger partial charge in [-0.25, -0.2) is 12.8 Å². The fourth-order valence-corrected chi connectivity index (χ4v) is 2.99. The molecule has 1 heterocycles. The van der Waals surface area contributed by atoms with Gasteiger partial charge < -0.3 is 5.32 Å². The van der Waals surface area contributed by atoms with Crippen LogP contribution in [0, 0.1) is 11.2 Å². The molecule has 1 aromatic rings. The zero-order valence-corrected chi connectivity index (χ0v) is 11.9. The van der Waals surface area contributed by atoms with Crippen molar-refractivity contribution < 1.29 is 17.6 Å². The van der Waals surface area contributed by atoms with E-state index in [2.05, 4.69) is 5.32 Å². The van der Waals surface area contributed by atoms with Crippen LogP contribution in [0.25, 0.3) is 0 Å². The summed E-state index contributed by atoms with van der Waals surface area (Å²) in [7, 11) is -3.15. The monoisotopic (exact) mass is 297 g/mol. The van der Waals surface area contributed by atoms with E-state index in [1.807, 2.05) is 0 Å². The van der Waals surface area contributed by atoms with Crippen molar-refractivity contribution in [3.8, 4) is 0 Å². The van der Waals surface area contributed by atoms with E-state index >= 15 is 0 Å². The zero-order chi connectivity index (χ0) is 14.8. The minimum atomic E-state index is -3.15. The van der Waals surface area contributed by atoms with Crippen molar-refractivity contribution in [2.24, 2.45) is 5.41 Å². The van der Waals surface area contributed by atoms with Crippen LogP contribution in [0.2, 0.25) is 0 Å². The van der Waals surface area contributed by atoms with E-state index in [9.17, 15) is 17.6 Å². The van der Waals surface area contributed by atoms with Crippen molar-refractivity contribution in [3.63, 3.8) is 0 Å². The first-order valence-corrected chi connectivity index (χ1v) is 8.28. The molecule has 0 aromatic heterocycles. The lowest BCUT2D eigenvalue weighted by Gasteiger charge is -2.24. The van der Waals surface area contributed by atoms with Gasteiger partial charge in [0.25, 0.3) is 0 Å². The average molecular weight is 297 g/mol. The lowest BCUT2D eigenvalue weighted by Crippen LogP contribution is -2.35. The van der Waals surface area contributed by atoms with E-state index in [0.717, 1.165) is 11.8 Å². The predicted molar refractivity (Wildman–Crippen MR) is 74.1 cm³/mol. The number of carbonyl (C=O) groups excluding carboxylic acids is 1. The number of sulfone groups is 1. The largest absolute Gasteiger partial charge is 0.332 e. The smallest absolute Gasteiger partial charge is 0.234 e. The molecule has 1 unspecified atom stereocenters. The Balaban J connectivity index is 2.22. The van der Waals surface area contributed by atoms with Gasteiger partial charge in [0.15, 0.2) is 0 Å². The van der Waals surface area contributed by atoms with Crippen LogP contribution < -0.4 is 5.32 Å². The van der Waals surface area contributed by atoms with Crippen LogP contribution in [-0.4, -0.2) is 26.3 Å². The summed E-state index contributed by atoms with van der Waals surface area (Å²) in [5.41, 5.74) is -0.0809. The molecule has 4 nitrogen and oxygen atoms in total. The number of carbonyl (C=O) groups is 1. The van der Waals surface area contributed by atoms with Crippen molar-refractivity contribution in [2.75, 3.05) is 12.0 Å². The Bertz CT molecular complexity index is 637. The van der Waals surface area contributed by atoms with Gasteiger partial charge in [-0.2, -0.15) is 0 Å². The van der Waals surface area contributed by atoms with Crippen LogP contribution in [0.5, 0.6) is 0 Å². The van der Waals surface area contributed by atoms with Gasteiger partial charge in [0, 0.05) is 12.5 Å². The van der Waals surface area contributed by atoms with E-state index in [1.54, 1.807) is 18.2 Å². The van der Waals surface area contributed by atoms with Gasteiger partial charge in [0.1, 0.15) is 15.7 Å². The molecule has 1 aliphatic heterocycles. The number of amides is 1. The molecular formula is C14H16FNO3S. The van der Waals surface area contributed by atoms with Crippen molar-refractivity contribution in [3.05, 3.63) is 47.9 Å². The summed E-state index contributed by atoms with van der Waals surface area (Å²) in [5, 5.41) is 2.59. The average Bonchev–Trinajstić information content (AvgIpc) is 2.71. The van der Waals surface area contributed by atoms with Crippen LogP contribution in [0.1, 0.15) is 12.0 Å². The molecule has 0 fully saturated rings. The highest BCUT2D eigenvalue weighted by molar-refractivity contribution is 7.90. The highest BCUT2D eigenvalue weighted by Gasteiger charge is 2.39. The second-order valence-electron chi connectivity index (χ2n) is 5.15. The second-order valence-corrected chi connectivity index (χ2v) is 7.41. The van der Waals surface area contributed by atoms with Crippen molar-refractivity contribution in [1.82, 2.24) is 5.32 Å². The maximum atomic E-state index is 12.9. The van der Waals surface area contributed by atoms with Gasteiger partial charge in [-0.05, 0) is 30.5 Å². The molecule has 0 radical (unpaired) electrons. The van der Waals surface area contributed by atoms with Crippen LogP contribution in [-0.2, 0) is 21.1 Å². The number of hydrogen-bond acceptors (Lipinski definition) is 3. The Hall–Kier alpha value is -1.69. The molecule has 1 amide bonds. The Morgan fingerprint density at radius 3 is 2.40 bits per heavy atom. The third-order valence-corrected chi connectivity index (χ3v) is 4.37. The Morgan fingerprint density at radius 1 is 1.25 bits per heavy atom. The fourth-order valence-electron chi connectivity index (χ4n) is 2.25. The molecule has 0 spiro atoms. The van der Waals surface area contributed by atoms with E-state index in [-0.39, 0.29) is 23.9 Å². The van der Waals surface area contributed by atoms with Gasteiger partial charge in [-0.1, -0.05) is 18.2 Å². The SMILES string of the molecule is CS(=O)(=O)CCC1(Cc2ccc(F)cc2)C=CNC1=O. The molecule has 1 aromatic carbocycles. The third kappa shape index (κ3) is 3.45. The molecule has 2 rings (SSSR count). The zero-order valence-electron chi connectivity index (χ0n) is 11.1. The van der Waals surface area contributed by atoms with Crippen LogP contribution in [0.3, 0.4) is 0 Å². The Labute approximate surface area is 117 Å². The van der Waals surface area contributed by atoms with Gasteiger partial charge in [-0.3, -0.25) is 4.79 Å². The van der Waals surface area contributed by atoms with Gasteiger partial charge >= 0.3 is 0 Å². The standard InChI is InChI=1S/C14H16FNO3S/c1-20(18,19)9-7-14(6-8-16-13(14)17)10-11-2-4-12(15)5-3-11/h2-6,8H,7,9-10H2,1H3,(H,16,17). The van der Waals surface area contributed by atoms with Crippen LogP contribution in [0.4, 0.5) is 4.39 Å². The van der Waals surface area contributed by atoms with E-state index < -0.39 is 15.3 Å². The van der Waals surface area contributed by atoms with E-state index in [4.69, 9.17) is 0 Å². The molecule has 1 N–H and O–H groups in total. The summed E-state index contributed by atoms with van der Waals surface area (Å²) >= 11 is 0. The number of rotatable bonds is 5. The maximum Gasteiger partial charge on any atom is 0.234 e. The van der Waals surface area contributed by atoms with Crippen molar-refractivity contribution >= 4 is 15.7 Å². The third-order valence-electron chi connectivity index (χ3n) is 3.42. The molecule has 0 bridgehead atoms. The molecule has 1 aliphatic rings. The first-order chi connectivity index (χ1) is 9.31.